The van der Waals surface area contributed by atoms with E-state index in [1.54, 1.807) is 36.0 Å². The molecule has 0 radical (unpaired) electrons. The minimum atomic E-state index is -3.79. The Bertz CT molecular complexity index is 1210. The molecule has 1 amide bonds. The largest absolute Gasteiger partial charge is 0.321 e. The molecule has 2 N–H and O–H groups in total. The average molecular weight is 457 g/mol. The average Bonchev–Trinajstić information content (AvgIpc) is 3.14. The second kappa shape index (κ2) is 9.31. The van der Waals surface area contributed by atoms with E-state index in [4.69, 9.17) is 0 Å². The van der Waals surface area contributed by atoms with Gasteiger partial charge in [0.1, 0.15) is 11.5 Å². The number of thiazole rings is 1. The number of nitrogens with one attached hydrogen (secondary N) is 2. The molecule has 0 saturated carbocycles. The number of amides is 1. The van der Waals surface area contributed by atoms with Crippen molar-refractivity contribution in [2.75, 3.05) is 11.9 Å². The van der Waals surface area contributed by atoms with E-state index in [0.29, 0.717) is 35.3 Å². The minimum Gasteiger partial charge on any atom is -0.321 e. The molecule has 0 unspecified atom stereocenters. The van der Waals surface area contributed by atoms with Gasteiger partial charge in [-0.1, -0.05) is 12.5 Å². The second-order valence-corrected chi connectivity index (χ2v) is 9.38. The molecule has 1 aliphatic heterocycles. The minimum absolute atomic E-state index is 0.0499. The summed E-state index contributed by atoms with van der Waals surface area (Å²) in [5, 5.41) is 4.82. The highest BCUT2D eigenvalue weighted by atomic mass is 32.2. The highest BCUT2D eigenvalue weighted by molar-refractivity contribution is 7.90. The van der Waals surface area contributed by atoms with Crippen LogP contribution in [0.4, 0.5) is 5.69 Å². The Labute approximate surface area is 183 Å². The van der Waals surface area contributed by atoms with Crippen molar-refractivity contribution in [3.05, 3.63) is 53.8 Å². The van der Waals surface area contributed by atoms with Crippen LogP contribution < -0.4 is 10.0 Å². The summed E-state index contributed by atoms with van der Waals surface area (Å²) in [4.78, 5) is 29.5. The van der Waals surface area contributed by atoms with Gasteiger partial charge < -0.3 is 5.32 Å². The summed E-state index contributed by atoms with van der Waals surface area (Å²) < 4.78 is 28.1. The maximum atomic E-state index is 12.8. The van der Waals surface area contributed by atoms with Crippen molar-refractivity contribution in [2.45, 2.75) is 30.6 Å². The van der Waals surface area contributed by atoms with E-state index in [1.165, 1.54) is 23.5 Å². The summed E-state index contributed by atoms with van der Waals surface area (Å²) in [5.41, 5.74) is 0.549. The fourth-order valence-corrected chi connectivity index (χ4v) is 4.88. The maximum absolute atomic E-state index is 12.8. The van der Waals surface area contributed by atoms with E-state index in [0.717, 1.165) is 19.3 Å². The summed E-state index contributed by atoms with van der Waals surface area (Å²) in [7, 11) is -3.79. The van der Waals surface area contributed by atoms with Gasteiger partial charge >= 0.3 is 0 Å². The zero-order chi connectivity index (χ0) is 21.7. The van der Waals surface area contributed by atoms with Crippen LogP contribution in [-0.4, -0.2) is 41.7 Å². The SMILES string of the molecule is O=C(Nc1cccc(S(=O)(=O)NC2=NCCCCC2)c1)c1csc(-c2ncccn2)n1. The molecule has 0 fully saturated rings. The van der Waals surface area contributed by atoms with Gasteiger partial charge in [0.2, 0.25) is 0 Å². The van der Waals surface area contributed by atoms with Gasteiger partial charge in [0.25, 0.3) is 15.9 Å². The van der Waals surface area contributed by atoms with Crippen LogP contribution in [0.5, 0.6) is 0 Å². The van der Waals surface area contributed by atoms with Crippen LogP contribution in [0.3, 0.4) is 0 Å². The van der Waals surface area contributed by atoms with Gasteiger partial charge in [0, 0.05) is 36.4 Å². The lowest BCUT2D eigenvalue weighted by Crippen LogP contribution is -2.30. The molecule has 0 atom stereocenters. The highest BCUT2D eigenvalue weighted by Gasteiger charge is 2.19. The Balaban J connectivity index is 1.47. The molecule has 0 aliphatic carbocycles. The van der Waals surface area contributed by atoms with Crippen LogP contribution >= 0.6 is 11.3 Å². The zero-order valence-corrected chi connectivity index (χ0v) is 18.1. The number of benzene rings is 1. The predicted octanol–water partition coefficient (Wildman–Crippen LogP) is 3.10. The molecule has 1 aromatic carbocycles. The molecule has 160 valence electrons. The van der Waals surface area contributed by atoms with Crippen LogP contribution in [0.25, 0.3) is 10.8 Å². The van der Waals surface area contributed by atoms with Crippen molar-refractivity contribution >= 4 is 38.8 Å². The van der Waals surface area contributed by atoms with E-state index in [-0.39, 0.29) is 10.6 Å². The molecule has 0 saturated heterocycles. The third-order valence-electron chi connectivity index (χ3n) is 4.52. The number of anilines is 1. The third kappa shape index (κ3) is 5.30. The lowest BCUT2D eigenvalue weighted by molar-refractivity contribution is 0.102. The van der Waals surface area contributed by atoms with E-state index < -0.39 is 15.9 Å². The van der Waals surface area contributed by atoms with Crippen LogP contribution in [-0.2, 0) is 10.0 Å². The first-order chi connectivity index (χ1) is 15.0. The first kappa shape index (κ1) is 21.1. The lowest BCUT2D eigenvalue weighted by Gasteiger charge is -2.11. The monoisotopic (exact) mass is 456 g/mol. The van der Waals surface area contributed by atoms with Crippen LogP contribution in [0, 0.1) is 0 Å². The molecule has 4 rings (SSSR count). The van der Waals surface area contributed by atoms with Crippen LogP contribution in [0.1, 0.15) is 36.2 Å². The summed E-state index contributed by atoms with van der Waals surface area (Å²) in [6.45, 7) is 0.623. The first-order valence-corrected chi connectivity index (χ1v) is 12.1. The number of sulfonamides is 1. The number of carbonyl (C=O) groups is 1. The summed E-state index contributed by atoms with van der Waals surface area (Å²) >= 11 is 1.25. The number of amidine groups is 1. The van der Waals surface area contributed by atoms with Gasteiger partial charge in [-0.25, -0.2) is 23.4 Å². The topological polar surface area (TPSA) is 126 Å². The van der Waals surface area contributed by atoms with E-state index in [1.807, 2.05) is 0 Å². The molecule has 9 nitrogen and oxygen atoms in total. The Kier molecular flexibility index (Phi) is 6.33. The summed E-state index contributed by atoms with van der Waals surface area (Å²) in [6, 6.07) is 7.77. The first-order valence-electron chi connectivity index (χ1n) is 9.72. The third-order valence-corrected chi connectivity index (χ3v) is 6.74. The molecular formula is C20H20N6O3S2. The summed E-state index contributed by atoms with van der Waals surface area (Å²) in [6.07, 6.45) is 6.70. The van der Waals surface area contributed by atoms with Gasteiger partial charge in [-0.15, -0.1) is 11.3 Å². The molecule has 1 aliphatic rings. The number of rotatable bonds is 5. The number of hydrogen-bond acceptors (Lipinski definition) is 8. The Morgan fingerprint density at radius 2 is 1.90 bits per heavy atom. The second-order valence-electron chi connectivity index (χ2n) is 6.84. The fraction of sp³-hybridized carbons (Fsp3) is 0.250. The number of carbonyl (C=O) groups excluding carboxylic acids is 1. The van der Waals surface area contributed by atoms with Gasteiger partial charge in [-0.05, 0) is 37.1 Å². The Hall–Kier alpha value is -3.18. The summed E-state index contributed by atoms with van der Waals surface area (Å²) in [5.74, 6) is 0.464. The van der Waals surface area contributed by atoms with Crippen molar-refractivity contribution < 1.29 is 13.2 Å². The van der Waals surface area contributed by atoms with Gasteiger partial charge in [-0.3, -0.25) is 14.5 Å². The molecule has 11 heteroatoms. The standard InChI is InChI=1S/C20H20N6O3S2/c27-19(16-13-30-20(25-16)18-22-10-5-11-23-18)24-14-6-4-7-15(12-14)31(28,29)26-17-8-2-1-3-9-21-17/h4-7,10-13H,1-3,8-9H2,(H,21,26)(H,24,27). The van der Waals surface area contributed by atoms with Crippen LogP contribution in [0.2, 0.25) is 0 Å². The van der Waals surface area contributed by atoms with Crippen molar-refractivity contribution in [3.63, 3.8) is 0 Å². The lowest BCUT2D eigenvalue weighted by atomic mass is 10.2. The number of hydrogen-bond donors (Lipinski definition) is 2. The maximum Gasteiger partial charge on any atom is 0.275 e. The Morgan fingerprint density at radius 3 is 2.74 bits per heavy atom. The van der Waals surface area contributed by atoms with Crippen molar-refractivity contribution in [3.8, 4) is 10.8 Å². The smallest absolute Gasteiger partial charge is 0.275 e. The van der Waals surface area contributed by atoms with Crippen LogP contribution in [0.15, 0.2) is 58.0 Å². The molecule has 31 heavy (non-hydrogen) atoms. The Morgan fingerprint density at radius 1 is 1.06 bits per heavy atom. The number of nitrogens with zero attached hydrogens (tertiary/aromatic N) is 4. The highest BCUT2D eigenvalue weighted by Crippen LogP contribution is 2.21. The van der Waals surface area contributed by atoms with Crippen molar-refractivity contribution in [1.29, 1.82) is 0 Å². The molecule has 3 heterocycles. The molecule has 0 bridgehead atoms. The fourth-order valence-electron chi connectivity index (χ4n) is 3.00. The molecule has 0 spiro atoms. The number of aliphatic imine (C=N–C) groups is 1. The van der Waals surface area contributed by atoms with E-state index in [9.17, 15) is 13.2 Å². The van der Waals surface area contributed by atoms with E-state index in [2.05, 4.69) is 30.0 Å². The predicted molar refractivity (Wildman–Crippen MR) is 119 cm³/mol. The van der Waals surface area contributed by atoms with Gasteiger partial charge in [0.15, 0.2) is 10.8 Å². The zero-order valence-electron chi connectivity index (χ0n) is 16.5. The molecule has 2 aromatic heterocycles. The van der Waals surface area contributed by atoms with Crippen molar-refractivity contribution in [1.82, 2.24) is 19.7 Å². The molecular weight excluding hydrogens is 436 g/mol. The molecule has 3 aromatic rings. The van der Waals surface area contributed by atoms with Gasteiger partial charge in [0.05, 0.1) is 4.90 Å². The van der Waals surface area contributed by atoms with E-state index >= 15 is 0 Å². The normalized spacial score (nSPS) is 14.4. The van der Waals surface area contributed by atoms with Crippen molar-refractivity contribution in [2.24, 2.45) is 4.99 Å². The quantitative estimate of drug-likeness (QED) is 0.607. The number of aromatic nitrogens is 3. The van der Waals surface area contributed by atoms with Gasteiger partial charge in [-0.2, -0.15) is 0 Å².